The quantitative estimate of drug-likeness (QED) is 0.526. The van der Waals surface area contributed by atoms with E-state index in [1.165, 1.54) is 0 Å². The molecule has 6 nitrogen and oxygen atoms in total. The number of carbonyl (C=O) groups excluding carboxylic acids is 1. The Morgan fingerprint density at radius 2 is 1.68 bits per heavy atom. The highest BCUT2D eigenvalue weighted by Gasteiger charge is 2.21. The third-order valence-electron chi connectivity index (χ3n) is 4.60. The summed E-state index contributed by atoms with van der Waals surface area (Å²) in [4.78, 5) is 28.4. The Labute approximate surface area is 163 Å². The Hall–Kier alpha value is -3.09. The normalized spacial score (nSPS) is 13.2. The Morgan fingerprint density at radius 3 is 2.43 bits per heavy atom. The highest BCUT2D eigenvalue weighted by atomic mass is 16.4. The molecule has 1 heterocycles. The third-order valence-corrected chi connectivity index (χ3v) is 4.60. The van der Waals surface area contributed by atoms with E-state index in [1.54, 1.807) is 0 Å². The molecule has 0 unspecified atom stereocenters. The zero-order chi connectivity index (χ0) is 19.9. The summed E-state index contributed by atoms with van der Waals surface area (Å²) >= 11 is 0. The highest BCUT2D eigenvalue weighted by molar-refractivity contribution is 5.87. The zero-order valence-corrected chi connectivity index (χ0v) is 15.4. The van der Waals surface area contributed by atoms with E-state index in [9.17, 15) is 14.7 Å². The molecule has 0 spiro atoms. The lowest BCUT2D eigenvalue weighted by Gasteiger charge is -2.16. The van der Waals surface area contributed by atoms with Crippen LogP contribution in [0.25, 0.3) is 10.9 Å². The van der Waals surface area contributed by atoms with Gasteiger partial charge in [0.15, 0.2) is 5.78 Å². The molecule has 0 aliphatic rings. The number of Topliss-reactive ketones (excluding diaryl/α,β-unsaturated/α-hetero) is 1. The molecule has 144 valence electrons. The summed E-state index contributed by atoms with van der Waals surface area (Å²) in [7, 11) is 0. The molecule has 1 aromatic heterocycles. The SMILES string of the molecule is N[C@@H](Cc1ccc2ccccc2n1)C(=O)CN[C@@H](Cc1ccccc1)C(=O)O. The van der Waals surface area contributed by atoms with Crippen LogP contribution in [0.4, 0.5) is 0 Å². The van der Waals surface area contributed by atoms with Crippen molar-refractivity contribution in [3.8, 4) is 0 Å². The molecular formula is C22H23N3O3. The Balaban J connectivity index is 1.57. The number of carboxylic acids is 1. The molecule has 0 saturated heterocycles. The predicted molar refractivity (Wildman–Crippen MR) is 108 cm³/mol. The van der Waals surface area contributed by atoms with E-state index < -0.39 is 18.1 Å². The zero-order valence-electron chi connectivity index (χ0n) is 15.4. The fraction of sp³-hybridized carbons (Fsp3) is 0.227. The van der Waals surface area contributed by atoms with Gasteiger partial charge in [-0.25, -0.2) is 0 Å². The lowest BCUT2D eigenvalue weighted by atomic mass is 10.0. The first-order valence-electron chi connectivity index (χ1n) is 9.16. The Kier molecular flexibility index (Phi) is 6.47. The molecule has 6 heteroatoms. The van der Waals surface area contributed by atoms with Crippen LogP contribution in [0.1, 0.15) is 11.3 Å². The maximum atomic E-state index is 12.4. The van der Waals surface area contributed by atoms with Gasteiger partial charge in [-0.05, 0) is 24.1 Å². The van der Waals surface area contributed by atoms with E-state index in [1.807, 2.05) is 66.7 Å². The average molecular weight is 377 g/mol. The number of hydrogen-bond donors (Lipinski definition) is 3. The summed E-state index contributed by atoms with van der Waals surface area (Å²) in [5, 5.41) is 13.2. The number of aromatic nitrogens is 1. The van der Waals surface area contributed by atoms with Crippen LogP contribution < -0.4 is 11.1 Å². The van der Waals surface area contributed by atoms with Crippen LogP contribution in [-0.2, 0) is 22.4 Å². The van der Waals surface area contributed by atoms with Crippen LogP contribution in [-0.4, -0.2) is 40.5 Å². The first-order chi connectivity index (χ1) is 13.5. The second-order valence-corrected chi connectivity index (χ2v) is 6.73. The molecule has 28 heavy (non-hydrogen) atoms. The number of pyridine rings is 1. The van der Waals surface area contributed by atoms with Crippen molar-refractivity contribution in [2.45, 2.75) is 24.9 Å². The van der Waals surface area contributed by atoms with Crippen molar-refractivity contribution in [2.24, 2.45) is 5.73 Å². The summed E-state index contributed by atoms with van der Waals surface area (Å²) in [5.74, 6) is -1.24. The van der Waals surface area contributed by atoms with Crippen LogP contribution in [0.3, 0.4) is 0 Å². The number of aliphatic carboxylic acids is 1. The molecule has 0 bridgehead atoms. The molecule has 3 aromatic rings. The van der Waals surface area contributed by atoms with E-state index in [2.05, 4.69) is 10.3 Å². The van der Waals surface area contributed by atoms with Gasteiger partial charge < -0.3 is 10.8 Å². The van der Waals surface area contributed by atoms with Crippen molar-refractivity contribution in [3.63, 3.8) is 0 Å². The predicted octanol–water partition coefficient (Wildman–Crippen LogP) is 1.96. The van der Waals surface area contributed by atoms with Crippen LogP contribution in [0, 0.1) is 0 Å². The summed E-state index contributed by atoms with van der Waals surface area (Å²) < 4.78 is 0. The van der Waals surface area contributed by atoms with Crippen molar-refractivity contribution >= 4 is 22.7 Å². The van der Waals surface area contributed by atoms with Gasteiger partial charge in [0.2, 0.25) is 0 Å². The van der Waals surface area contributed by atoms with Gasteiger partial charge >= 0.3 is 5.97 Å². The smallest absolute Gasteiger partial charge is 0.321 e. The van der Waals surface area contributed by atoms with Crippen LogP contribution in [0.5, 0.6) is 0 Å². The molecule has 0 fully saturated rings. The monoisotopic (exact) mass is 377 g/mol. The van der Waals surface area contributed by atoms with Crippen molar-refractivity contribution in [1.29, 1.82) is 0 Å². The second kappa shape index (κ2) is 9.21. The molecule has 0 aliphatic carbocycles. The van der Waals surface area contributed by atoms with Gasteiger partial charge in [0.05, 0.1) is 18.1 Å². The van der Waals surface area contributed by atoms with Gasteiger partial charge in [0.1, 0.15) is 6.04 Å². The van der Waals surface area contributed by atoms with Gasteiger partial charge in [0, 0.05) is 17.5 Å². The van der Waals surface area contributed by atoms with E-state index >= 15 is 0 Å². The lowest BCUT2D eigenvalue weighted by molar-refractivity contribution is -0.139. The van der Waals surface area contributed by atoms with E-state index in [0.29, 0.717) is 12.8 Å². The first-order valence-corrected chi connectivity index (χ1v) is 9.16. The molecule has 0 radical (unpaired) electrons. The van der Waals surface area contributed by atoms with Crippen molar-refractivity contribution in [3.05, 3.63) is 78.0 Å². The molecular weight excluding hydrogens is 354 g/mol. The number of nitrogens with one attached hydrogen (secondary N) is 1. The topological polar surface area (TPSA) is 105 Å². The number of fused-ring (bicyclic) bond motifs is 1. The highest BCUT2D eigenvalue weighted by Crippen LogP contribution is 2.12. The van der Waals surface area contributed by atoms with Gasteiger partial charge in [-0.2, -0.15) is 0 Å². The minimum absolute atomic E-state index is 0.0987. The van der Waals surface area contributed by atoms with Crippen LogP contribution in [0.15, 0.2) is 66.7 Å². The number of para-hydroxylation sites is 1. The second-order valence-electron chi connectivity index (χ2n) is 6.73. The standard InChI is InChI=1S/C22H23N3O3/c23-18(13-17-11-10-16-8-4-5-9-19(16)25-17)21(26)14-24-20(22(27)28)12-15-6-2-1-3-7-15/h1-11,18,20,24H,12-14,23H2,(H,27,28)/t18-,20-/m0/s1. The Morgan fingerprint density at radius 1 is 0.964 bits per heavy atom. The van der Waals surface area contributed by atoms with Crippen molar-refractivity contribution in [1.82, 2.24) is 10.3 Å². The van der Waals surface area contributed by atoms with Crippen molar-refractivity contribution in [2.75, 3.05) is 6.54 Å². The molecule has 2 aromatic carbocycles. The summed E-state index contributed by atoms with van der Waals surface area (Å²) in [6, 6.07) is 19.2. The number of benzene rings is 2. The molecule has 0 aliphatic heterocycles. The molecule has 0 saturated carbocycles. The maximum Gasteiger partial charge on any atom is 0.321 e. The fourth-order valence-corrected chi connectivity index (χ4v) is 3.01. The fourth-order valence-electron chi connectivity index (χ4n) is 3.01. The third kappa shape index (κ3) is 5.22. The molecule has 3 rings (SSSR count). The number of nitrogens with two attached hydrogens (primary N) is 1. The maximum absolute atomic E-state index is 12.4. The number of nitrogens with zero attached hydrogens (tertiary/aromatic N) is 1. The van der Waals surface area contributed by atoms with Gasteiger partial charge in [0.25, 0.3) is 0 Å². The van der Waals surface area contributed by atoms with Gasteiger partial charge in [-0.3, -0.25) is 19.9 Å². The van der Waals surface area contributed by atoms with Crippen LogP contribution >= 0.6 is 0 Å². The summed E-state index contributed by atoms with van der Waals surface area (Å²) in [5.41, 5.74) is 8.51. The van der Waals surface area contributed by atoms with Crippen molar-refractivity contribution < 1.29 is 14.7 Å². The first kappa shape index (κ1) is 19.7. The van der Waals surface area contributed by atoms with E-state index in [4.69, 9.17) is 5.73 Å². The summed E-state index contributed by atoms with van der Waals surface area (Å²) in [6.07, 6.45) is 0.604. The molecule has 2 atom stereocenters. The minimum atomic E-state index is -0.999. The molecule has 0 amide bonds. The van der Waals surface area contributed by atoms with E-state index in [-0.39, 0.29) is 12.3 Å². The minimum Gasteiger partial charge on any atom is -0.480 e. The number of ketones is 1. The van der Waals surface area contributed by atoms with E-state index in [0.717, 1.165) is 22.2 Å². The number of carbonyl (C=O) groups is 2. The largest absolute Gasteiger partial charge is 0.480 e. The average Bonchev–Trinajstić information content (AvgIpc) is 2.71. The number of rotatable bonds is 9. The summed E-state index contributed by atoms with van der Waals surface area (Å²) in [6.45, 7) is -0.0987. The number of hydrogen-bond acceptors (Lipinski definition) is 5. The van der Waals surface area contributed by atoms with Gasteiger partial charge in [-0.1, -0.05) is 54.6 Å². The number of carboxylic acid groups (broad SMARTS) is 1. The Bertz CT molecular complexity index is 959. The van der Waals surface area contributed by atoms with Gasteiger partial charge in [-0.15, -0.1) is 0 Å². The lowest BCUT2D eigenvalue weighted by Crippen LogP contribution is -2.46. The molecule has 4 N–H and O–H groups in total. The van der Waals surface area contributed by atoms with Crippen LogP contribution in [0.2, 0.25) is 0 Å².